The molecule has 0 aliphatic heterocycles. The molecule has 0 radical (unpaired) electrons. The van der Waals surface area contributed by atoms with E-state index in [0.717, 1.165) is 16.9 Å². The molecule has 0 aliphatic carbocycles. The molecule has 22 heavy (non-hydrogen) atoms. The summed E-state index contributed by atoms with van der Waals surface area (Å²) in [5.74, 6) is 0.801. The highest BCUT2D eigenvalue weighted by Crippen LogP contribution is 2.23. The number of methoxy groups -OCH3 is 1. The predicted octanol–water partition coefficient (Wildman–Crippen LogP) is 2.73. The minimum absolute atomic E-state index is 0.0408. The van der Waals surface area contributed by atoms with Crippen molar-refractivity contribution in [2.24, 2.45) is 0 Å². The Morgan fingerprint density at radius 1 is 1.14 bits per heavy atom. The van der Waals surface area contributed by atoms with E-state index in [4.69, 9.17) is 10.00 Å². The van der Waals surface area contributed by atoms with Gasteiger partial charge in [0.1, 0.15) is 5.75 Å². The second-order valence-electron chi connectivity index (χ2n) is 5.20. The van der Waals surface area contributed by atoms with Gasteiger partial charge in [-0.25, -0.2) is 0 Å². The van der Waals surface area contributed by atoms with Crippen LogP contribution < -0.4 is 4.74 Å². The van der Waals surface area contributed by atoms with Crippen LogP contribution in [0.25, 0.3) is 0 Å². The van der Waals surface area contributed by atoms with E-state index in [-0.39, 0.29) is 12.6 Å². The largest absolute Gasteiger partial charge is 0.497 e. The molecule has 0 aromatic heterocycles. The van der Waals surface area contributed by atoms with Gasteiger partial charge in [0.15, 0.2) is 0 Å². The molecule has 0 spiro atoms. The summed E-state index contributed by atoms with van der Waals surface area (Å²) in [6, 6.07) is 17.3. The van der Waals surface area contributed by atoms with Crippen molar-refractivity contribution in [2.45, 2.75) is 12.6 Å². The lowest BCUT2D eigenvalue weighted by atomic mass is 10.0. The van der Waals surface area contributed by atoms with Crippen molar-refractivity contribution in [3.8, 4) is 11.8 Å². The average Bonchev–Trinajstić information content (AvgIpc) is 2.57. The normalized spacial score (nSPS) is 12.0. The van der Waals surface area contributed by atoms with E-state index in [2.05, 4.69) is 11.0 Å². The molecule has 4 nitrogen and oxygen atoms in total. The lowest BCUT2D eigenvalue weighted by Crippen LogP contribution is -2.26. The second kappa shape index (κ2) is 7.60. The molecular formula is C18H20N2O2. The van der Waals surface area contributed by atoms with Crippen LogP contribution in [0, 0.1) is 11.3 Å². The third kappa shape index (κ3) is 3.85. The molecular weight excluding hydrogens is 276 g/mol. The SMILES string of the molecule is COc1ccc([C@@H](CO)N(C)Cc2ccc(C#N)cc2)cc1. The zero-order valence-corrected chi connectivity index (χ0v) is 12.9. The van der Waals surface area contributed by atoms with Crippen molar-refractivity contribution in [1.82, 2.24) is 4.90 Å². The Kier molecular flexibility index (Phi) is 5.54. The maximum absolute atomic E-state index is 9.72. The van der Waals surface area contributed by atoms with Crippen molar-refractivity contribution < 1.29 is 9.84 Å². The van der Waals surface area contributed by atoms with Crippen LogP contribution in [0.5, 0.6) is 5.75 Å². The van der Waals surface area contributed by atoms with Gasteiger partial charge >= 0.3 is 0 Å². The van der Waals surface area contributed by atoms with Crippen LogP contribution in [0.1, 0.15) is 22.7 Å². The number of nitriles is 1. The fourth-order valence-corrected chi connectivity index (χ4v) is 2.41. The van der Waals surface area contributed by atoms with Gasteiger partial charge in [-0.05, 0) is 42.4 Å². The molecule has 0 heterocycles. The Labute approximate surface area is 131 Å². The van der Waals surface area contributed by atoms with Gasteiger partial charge in [0.25, 0.3) is 0 Å². The van der Waals surface area contributed by atoms with Crippen molar-refractivity contribution >= 4 is 0 Å². The van der Waals surface area contributed by atoms with E-state index in [1.165, 1.54) is 0 Å². The molecule has 0 saturated heterocycles. The standard InChI is InChI=1S/C18H20N2O2/c1-20(12-15-5-3-14(11-19)4-6-15)18(13-21)16-7-9-17(22-2)10-8-16/h3-10,18,21H,12-13H2,1-2H3/t18-/m1/s1. The Morgan fingerprint density at radius 2 is 1.77 bits per heavy atom. The summed E-state index contributed by atoms with van der Waals surface area (Å²) in [5.41, 5.74) is 2.80. The van der Waals surface area contributed by atoms with Crippen molar-refractivity contribution in [3.63, 3.8) is 0 Å². The highest BCUT2D eigenvalue weighted by Gasteiger charge is 2.16. The molecule has 0 aliphatic rings. The van der Waals surface area contributed by atoms with E-state index in [1.807, 2.05) is 55.6 Å². The summed E-state index contributed by atoms with van der Waals surface area (Å²) in [7, 11) is 3.61. The highest BCUT2D eigenvalue weighted by molar-refractivity contribution is 5.32. The number of nitrogens with zero attached hydrogens (tertiary/aromatic N) is 2. The number of aliphatic hydroxyl groups is 1. The van der Waals surface area contributed by atoms with Gasteiger partial charge in [-0.1, -0.05) is 24.3 Å². The number of rotatable bonds is 6. The lowest BCUT2D eigenvalue weighted by molar-refractivity contribution is 0.142. The van der Waals surface area contributed by atoms with Crippen molar-refractivity contribution in [2.75, 3.05) is 20.8 Å². The molecule has 114 valence electrons. The minimum Gasteiger partial charge on any atom is -0.497 e. The molecule has 2 aromatic carbocycles. The summed E-state index contributed by atoms with van der Waals surface area (Å²) in [6.45, 7) is 0.738. The molecule has 1 N–H and O–H groups in total. The molecule has 2 aromatic rings. The first-order valence-corrected chi connectivity index (χ1v) is 7.12. The molecule has 1 atom stereocenters. The van der Waals surface area contributed by atoms with Gasteiger partial charge in [-0.15, -0.1) is 0 Å². The van der Waals surface area contributed by atoms with E-state index in [9.17, 15) is 5.11 Å². The summed E-state index contributed by atoms with van der Waals surface area (Å²) in [6.07, 6.45) is 0. The summed E-state index contributed by atoms with van der Waals surface area (Å²) in [5, 5.41) is 18.5. The second-order valence-corrected chi connectivity index (χ2v) is 5.20. The fourth-order valence-electron chi connectivity index (χ4n) is 2.41. The quantitative estimate of drug-likeness (QED) is 0.890. The van der Waals surface area contributed by atoms with Gasteiger partial charge in [0.05, 0.1) is 31.4 Å². The van der Waals surface area contributed by atoms with Crippen LogP contribution in [-0.2, 0) is 6.54 Å². The molecule has 0 fully saturated rings. The fraction of sp³-hybridized carbons (Fsp3) is 0.278. The Hall–Kier alpha value is -2.35. The minimum atomic E-state index is -0.0819. The summed E-state index contributed by atoms with van der Waals surface area (Å²) < 4.78 is 5.16. The number of aliphatic hydroxyl groups excluding tert-OH is 1. The van der Waals surface area contributed by atoms with Crippen LogP contribution in [0.2, 0.25) is 0 Å². The van der Waals surface area contributed by atoms with Gasteiger partial charge in [-0.2, -0.15) is 5.26 Å². The molecule has 2 rings (SSSR count). The summed E-state index contributed by atoms with van der Waals surface area (Å²) in [4.78, 5) is 2.09. The summed E-state index contributed by atoms with van der Waals surface area (Å²) >= 11 is 0. The molecule has 0 unspecified atom stereocenters. The first kappa shape index (κ1) is 16.0. The monoisotopic (exact) mass is 296 g/mol. The first-order chi connectivity index (χ1) is 10.7. The zero-order chi connectivity index (χ0) is 15.9. The first-order valence-electron chi connectivity index (χ1n) is 7.12. The topological polar surface area (TPSA) is 56.5 Å². The van der Waals surface area contributed by atoms with Gasteiger partial charge in [0, 0.05) is 6.54 Å². The van der Waals surface area contributed by atoms with Crippen LogP contribution in [0.4, 0.5) is 0 Å². The molecule has 0 amide bonds. The van der Waals surface area contributed by atoms with E-state index in [1.54, 1.807) is 7.11 Å². The van der Waals surface area contributed by atoms with Crippen LogP contribution in [-0.4, -0.2) is 30.8 Å². The Balaban J connectivity index is 2.10. The zero-order valence-electron chi connectivity index (χ0n) is 12.9. The van der Waals surface area contributed by atoms with Crippen LogP contribution in [0.15, 0.2) is 48.5 Å². The predicted molar refractivity (Wildman–Crippen MR) is 85.4 cm³/mol. The third-order valence-corrected chi connectivity index (χ3v) is 3.72. The lowest BCUT2D eigenvalue weighted by Gasteiger charge is -2.27. The van der Waals surface area contributed by atoms with Crippen LogP contribution >= 0.6 is 0 Å². The van der Waals surface area contributed by atoms with Gasteiger partial charge in [0.2, 0.25) is 0 Å². The van der Waals surface area contributed by atoms with Gasteiger partial charge in [-0.3, -0.25) is 4.90 Å². The number of likely N-dealkylation sites (N-methyl/N-ethyl adjacent to an activating group) is 1. The van der Waals surface area contributed by atoms with Crippen molar-refractivity contribution in [1.29, 1.82) is 5.26 Å². The Morgan fingerprint density at radius 3 is 2.27 bits per heavy atom. The number of hydrogen-bond acceptors (Lipinski definition) is 4. The maximum atomic E-state index is 9.72. The van der Waals surface area contributed by atoms with Gasteiger partial charge < -0.3 is 9.84 Å². The number of ether oxygens (including phenoxy) is 1. The smallest absolute Gasteiger partial charge is 0.118 e. The van der Waals surface area contributed by atoms with Crippen molar-refractivity contribution in [3.05, 3.63) is 65.2 Å². The average molecular weight is 296 g/mol. The van der Waals surface area contributed by atoms with Crippen LogP contribution in [0.3, 0.4) is 0 Å². The van der Waals surface area contributed by atoms with E-state index in [0.29, 0.717) is 12.1 Å². The molecule has 0 bridgehead atoms. The highest BCUT2D eigenvalue weighted by atomic mass is 16.5. The number of hydrogen-bond donors (Lipinski definition) is 1. The third-order valence-electron chi connectivity index (χ3n) is 3.72. The molecule has 0 saturated carbocycles. The van der Waals surface area contributed by atoms with E-state index >= 15 is 0 Å². The molecule has 4 heteroatoms. The Bertz CT molecular complexity index is 630. The maximum Gasteiger partial charge on any atom is 0.118 e. The number of benzene rings is 2. The van der Waals surface area contributed by atoms with E-state index < -0.39 is 0 Å².